The summed E-state index contributed by atoms with van der Waals surface area (Å²) in [6.45, 7) is 0.211. The zero-order valence-electron chi connectivity index (χ0n) is 25.3. The van der Waals surface area contributed by atoms with Gasteiger partial charge in [0.1, 0.15) is 6.61 Å². The van der Waals surface area contributed by atoms with Gasteiger partial charge in [-0.2, -0.15) is 0 Å². The van der Waals surface area contributed by atoms with E-state index in [2.05, 4.69) is 0 Å². The molecule has 45 heavy (non-hydrogen) atoms. The number of anilines is 1. The van der Waals surface area contributed by atoms with Crippen LogP contribution in [0.2, 0.25) is 0 Å². The summed E-state index contributed by atoms with van der Waals surface area (Å²) in [6.07, 6.45) is 0. The molecule has 1 fully saturated rings. The molecule has 0 aromatic heterocycles. The Bertz CT molecular complexity index is 1710. The van der Waals surface area contributed by atoms with E-state index in [1.807, 2.05) is 42.5 Å². The fourth-order valence-corrected chi connectivity index (χ4v) is 5.93. The van der Waals surface area contributed by atoms with Gasteiger partial charge in [0.25, 0.3) is 11.8 Å². The third kappa shape index (κ3) is 5.18. The molecule has 1 saturated heterocycles. The zero-order valence-corrected chi connectivity index (χ0v) is 25.3. The van der Waals surface area contributed by atoms with Gasteiger partial charge in [-0.15, -0.1) is 0 Å². The van der Waals surface area contributed by atoms with Crippen LogP contribution in [0.5, 0.6) is 28.7 Å². The van der Waals surface area contributed by atoms with Gasteiger partial charge in [-0.1, -0.05) is 48.5 Å². The van der Waals surface area contributed by atoms with Gasteiger partial charge in [0.05, 0.1) is 57.2 Å². The molecule has 2 atom stereocenters. The van der Waals surface area contributed by atoms with Gasteiger partial charge in [-0.05, 0) is 35.4 Å². The molecular weight excluding hydrogens is 576 g/mol. The summed E-state index contributed by atoms with van der Waals surface area (Å²) >= 11 is 0. The van der Waals surface area contributed by atoms with Crippen LogP contribution in [0.15, 0.2) is 84.9 Å². The normalized spacial score (nSPS) is 17.1. The Kier molecular flexibility index (Phi) is 8.04. The van der Waals surface area contributed by atoms with Crippen LogP contribution in [0.3, 0.4) is 0 Å². The van der Waals surface area contributed by atoms with E-state index in [1.54, 1.807) is 54.5 Å². The minimum atomic E-state index is -0.735. The van der Waals surface area contributed by atoms with Crippen molar-refractivity contribution in [3.05, 3.63) is 107 Å². The van der Waals surface area contributed by atoms with Gasteiger partial charge in [0, 0.05) is 18.7 Å². The molecule has 0 bridgehead atoms. The molecule has 3 amide bonds. The quantitative estimate of drug-likeness (QED) is 0.167. The number of β-lactam (4-membered cyclic amide) rings is 1. The summed E-state index contributed by atoms with van der Waals surface area (Å²) in [4.78, 5) is 43.3. The number of hydrogen-bond acceptors (Lipinski definition) is 8. The number of methoxy groups -OCH3 is 4. The van der Waals surface area contributed by atoms with Crippen molar-refractivity contribution >= 4 is 23.4 Å². The Morgan fingerprint density at radius 3 is 1.82 bits per heavy atom. The predicted octanol–water partition coefficient (Wildman–Crippen LogP) is 5.30. The monoisotopic (exact) mass is 608 g/mol. The molecule has 4 aromatic carbocycles. The third-order valence-electron chi connectivity index (χ3n) is 8.17. The van der Waals surface area contributed by atoms with Crippen LogP contribution in [-0.4, -0.2) is 57.6 Å². The molecule has 6 rings (SSSR count). The van der Waals surface area contributed by atoms with E-state index >= 15 is 0 Å². The highest BCUT2D eigenvalue weighted by Crippen LogP contribution is 2.50. The Hall–Kier alpha value is -5.51. The summed E-state index contributed by atoms with van der Waals surface area (Å²) in [5.74, 6) is 0.309. The largest absolute Gasteiger partial charge is 0.493 e. The molecule has 2 aliphatic heterocycles. The Labute approximate surface area is 260 Å². The first kappa shape index (κ1) is 29.6. The van der Waals surface area contributed by atoms with Crippen LogP contribution < -0.4 is 28.6 Å². The first-order valence-electron chi connectivity index (χ1n) is 14.3. The van der Waals surface area contributed by atoms with Crippen LogP contribution in [0, 0.1) is 5.92 Å². The summed E-state index contributed by atoms with van der Waals surface area (Å²) in [6, 6.07) is 24.7. The molecule has 10 heteroatoms. The molecular formula is C35H32N2O8. The lowest BCUT2D eigenvalue weighted by Crippen LogP contribution is -2.59. The Morgan fingerprint density at radius 2 is 1.24 bits per heavy atom. The maximum atomic E-state index is 14.0. The number of fused-ring (bicyclic) bond motifs is 1. The van der Waals surface area contributed by atoms with E-state index in [9.17, 15) is 14.4 Å². The van der Waals surface area contributed by atoms with Crippen molar-refractivity contribution in [1.82, 2.24) is 4.90 Å². The number of nitrogens with zero attached hydrogens (tertiary/aromatic N) is 2. The molecule has 0 saturated carbocycles. The van der Waals surface area contributed by atoms with Crippen molar-refractivity contribution in [3.8, 4) is 28.7 Å². The van der Waals surface area contributed by atoms with Gasteiger partial charge < -0.3 is 28.6 Å². The molecule has 0 radical (unpaired) electrons. The van der Waals surface area contributed by atoms with Gasteiger partial charge >= 0.3 is 0 Å². The van der Waals surface area contributed by atoms with E-state index in [0.29, 0.717) is 52.2 Å². The maximum absolute atomic E-state index is 14.0. The van der Waals surface area contributed by atoms with Crippen molar-refractivity contribution in [3.63, 3.8) is 0 Å². The van der Waals surface area contributed by atoms with Crippen LogP contribution in [-0.2, 0) is 11.4 Å². The first-order valence-corrected chi connectivity index (χ1v) is 14.3. The molecule has 0 aliphatic carbocycles. The van der Waals surface area contributed by atoms with Crippen molar-refractivity contribution in [2.75, 3.05) is 39.9 Å². The summed E-state index contributed by atoms with van der Waals surface area (Å²) in [5.41, 5.74) is 2.86. The van der Waals surface area contributed by atoms with Crippen molar-refractivity contribution in [2.45, 2.75) is 12.6 Å². The predicted molar refractivity (Wildman–Crippen MR) is 165 cm³/mol. The summed E-state index contributed by atoms with van der Waals surface area (Å²) in [7, 11) is 6.07. The maximum Gasteiger partial charge on any atom is 0.261 e. The molecule has 230 valence electrons. The fourth-order valence-electron chi connectivity index (χ4n) is 5.93. The molecule has 2 heterocycles. The zero-order chi connectivity index (χ0) is 31.7. The number of carbonyl (C=O) groups excluding carboxylic acids is 3. The number of amides is 3. The average molecular weight is 609 g/mol. The lowest BCUT2D eigenvalue weighted by Gasteiger charge is -2.48. The summed E-state index contributed by atoms with van der Waals surface area (Å²) in [5, 5.41) is 0. The Balaban J connectivity index is 1.39. The molecule has 10 nitrogen and oxygen atoms in total. The molecule has 4 aromatic rings. The van der Waals surface area contributed by atoms with Crippen LogP contribution >= 0.6 is 0 Å². The van der Waals surface area contributed by atoms with Gasteiger partial charge in [-0.25, -0.2) is 0 Å². The van der Waals surface area contributed by atoms with Crippen molar-refractivity contribution in [2.24, 2.45) is 5.92 Å². The van der Waals surface area contributed by atoms with E-state index < -0.39 is 23.8 Å². The fraction of sp³-hybridized carbons (Fsp3) is 0.229. The highest BCUT2D eigenvalue weighted by atomic mass is 16.5. The lowest BCUT2D eigenvalue weighted by molar-refractivity contribution is -0.130. The van der Waals surface area contributed by atoms with Crippen LogP contribution in [0.4, 0.5) is 5.69 Å². The van der Waals surface area contributed by atoms with Gasteiger partial charge in [0.15, 0.2) is 23.0 Å². The minimum Gasteiger partial charge on any atom is -0.493 e. The second kappa shape index (κ2) is 12.2. The van der Waals surface area contributed by atoms with Gasteiger partial charge in [0.2, 0.25) is 11.7 Å². The van der Waals surface area contributed by atoms with Gasteiger partial charge in [-0.3, -0.25) is 19.3 Å². The van der Waals surface area contributed by atoms with E-state index in [-0.39, 0.29) is 12.5 Å². The number of carbonyl (C=O) groups is 3. The van der Waals surface area contributed by atoms with Crippen molar-refractivity contribution < 1.29 is 38.1 Å². The first-order chi connectivity index (χ1) is 21.9. The smallest absolute Gasteiger partial charge is 0.261 e. The summed E-state index contributed by atoms with van der Waals surface area (Å²) < 4.78 is 28.4. The van der Waals surface area contributed by atoms with E-state index in [1.165, 1.54) is 21.3 Å². The number of ether oxygens (including phenoxy) is 5. The molecule has 0 N–H and O–H groups in total. The highest BCUT2D eigenvalue weighted by molar-refractivity contribution is 6.21. The Morgan fingerprint density at radius 1 is 0.644 bits per heavy atom. The molecule has 0 spiro atoms. The van der Waals surface area contributed by atoms with E-state index in [4.69, 9.17) is 23.7 Å². The second-order valence-electron chi connectivity index (χ2n) is 10.6. The number of benzene rings is 4. The highest BCUT2D eigenvalue weighted by Gasteiger charge is 2.52. The van der Waals surface area contributed by atoms with Crippen LogP contribution in [0.1, 0.15) is 37.9 Å². The molecule has 0 unspecified atom stereocenters. The number of rotatable bonds is 11. The number of hydrogen-bond donors (Lipinski definition) is 0. The SMILES string of the molecule is COc1ccc([C@H]2[C@H](CN3C(=O)c4ccccc4C3=O)C(=O)N2c2cc(OC)c(OC)c(OC)c2)cc1OCc1ccccc1. The molecule has 2 aliphatic rings. The standard InChI is InChI=1S/C35H32N2O8/c1-41-27-15-14-22(16-28(27)45-20-21-10-6-5-7-11-21)31-26(19-36-33(38)24-12-8-9-13-25(24)34(36)39)35(40)37(31)23-17-29(42-2)32(44-4)30(18-23)43-3/h5-18,26,31H,19-20H2,1-4H3/t26-,31-/m0/s1. The van der Waals surface area contributed by atoms with Crippen molar-refractivity contribution in [1.29, 1.82) is 0 Å². The lowest BCUT2D eigenvalue weighted by atomic mass is 9.81. The minimum absolute atomic E-state index is 0.0942. The third-order valence-corrected chi connectivity index (χ3v) is 8.17. The number of imide groups is 1. The van der Waals surface area contributed by atoms with E-state index in [0.717, 1.165) is 16.0 Å². The second-order valence-corrected chi connectivity index (χ2v) is 10.6. The topological polar surface area (TPSA) is 104 Å². The van der Waals surface area contributed by atoms with Crippen LogP contribution in [0.25, 0.3) is 0 Å². The average Bonchev–Trinajstić information content (AvgIpc) is 3.32.